The van der Waals surface area contributed by atoms with Crippen LogP contribution in [-0.2, 0) is 14.3 Å². The first kappa shape index (κ1) is 22.8. The van der Waals surface area contributed by atoms with Gasteiger partial charge in [0, 0.05) is 30.3 Å². The van der Waals surface area contributed by atoms with Gasteiger partial charge in [-0.3, -0.25) is 14.5 Å². The van der Waals surface area contributed by atoms with Crippen LogP contribution in [-0.4, -0.2) is 61.0 Å². The second-order valence-electron chi connectivity index (χ2n) is 8.54. The van der Waals surface area contributed by atoms with Gasteiger partial charge in [-0.1, -0.05) is 48.0 Å². The zero-order valence-electron chi connectivity index (χ0n) is 18.4. The molecule has 1 N–H and O–H groups in total. The standard InChI is InChI=1S/C25H30ClN3O3/c1-18-9-10-21(16-22(18)26)27-24(30)23(19-6-3-2-4-7-19)29-11-5-8-20(17-29)25(31)28-12-14-32-15-13-28/h2-4,6-7,9-10,16,20,23H,5,8,11-15,17H2,1H3,(H,27,30). The predicted molar refractivity (Wildman–Crippen MR) is 126 cm³/mol. The second-order valence-corrected chi connectivity index (χ2v) is 8.95. The smallest absolute Gasteiger partial charge is 0.246 e. The first-order valence-electron chi connectivity index (χ1n) is 11.3. The Bertz CT molecular complexity index is 947. The van der Waals surface area contributed by atoms with Crippen molar-refractivity contribution >= 4 is 29.1 Å². The summed E-state index contributed by atoms with van der Waals surface area (Å²) in [6.45, 7) is 5.75. The molecule has 0 spiro atoms. The van der Waals surface area contributed by atoms with Crippen LogP contribution in [0.4, 0.5) is 5.69 Å². The number of ether oxygens (including phenoxy) is 1. The van der Waals surface area contributed by atoms with Gasteiger partial charge in [-0.25, -0.2) is 0 Å². The molecule has 0 radical (unpaired) electrons. The number of halogens is 1. The van der Waals surface area contributed by atoms with Gasteiger partial charge < -0.3 is 15.0 Å². The van der Waals surface area contributed by atoms with E-state index in [-0.39, 0.29) is 17.7 Å². The fourth-order valence-corrected chi connectivity index (χ4v) is 4.71. The van der Waals surface area contributed by atoms with Gasteiger partial charge in [0.15, 0.2) is 0 Å². The van der Waals surface area contributed by atoms with Crippen LogP contribution >= 0.6 is 11.6 Å². The monoisotopic (exact) mass is 455 g/mol. The highest BCUT2D eigenvalue weighted by Gasteiger charge is 2.36. The van der Waals surface area contributed by atoms with Crippen molar-refractivity contribution < 1.29 is 14.3 Å². The highest BCUT2D eigenvalue weighted by molar-refractivity contribution is 6.31. The molecule has 170 valence electrons. The van der Waals surface area contributed by atoms with Gasteiger partial charge in [-0.2, -0.15) is 0 Å². The third-order valence-corrected chi connectivity index (χ3v) is 6.70. The highest BCUT2D eigenvalue weighted by Crippen LogP contribution is 2.30. The number of hydrogen-bond donors (Lipinski definition) is 1. The molecular weight excluding hydrogens is 426 g/mol. The molecule has 2 amide bonds. The van der Waals surface area contributed by atoms with Crippen molar-refractivity contribution in [2.24, 2.45) is 5.92 Å². The summed E-state index contributed by atoms with van der Waals surface area (Å²) in [4.78, 5) is 30.6. The minimum absolute atomic E-state index is 0.102. The molecule has 0 aliphatic carbocycles. The van der Waals surface area contributed by atoms with E-state index in [1.54, 1.807) is 6.07 Å². The van der Waals surface area contributed by atoms with Crippen LogP contribution in [0.3, 0.4) is 0 Å². The van der Waals surface area contributed by atoms with Gasteiger partial charge >= 0.3 is 0 Å². The number of nitrogens with one attached hydrogen (secondary N) is 1. The van der Waals surface area contributed by atoms with Crippen LogP contribution in [0.2, 0.25) is 5.02 Å². The fraction of sp³-hybridized carbons (Fsp3) is 0.440. The van der Waals surface area contributed by atoms with Gasteiger partial charge in [0.2, 0.25) is 11.8 Å². The number of morpholine rings is 1. The van der Waals surface area contributed by atoms with Gasteiger partial charge in [0.1, 0.15) is 6.04 Å². The maximum Gasteiger partial charge on any atom is 0.246 e. The minimum Gasteiger partial charge on any atom is -0.378 e. The van der Waals surface area contributed by atoms with E-state index >= 15 is 0 Å². The first-order valence-corrected chi connectivity index (χ1v) is 11.6. The van der Waals surface area contributed by atoms with Crippen LogP contribution < -0.4 is 5.32 Å². The van der Waals surface area contributed by atoms with Crippen LogP contribution in [0.25, 0.3) is 0 Å². The number of rotatable bonds is 5. The van der Waals surface area contributed by atoms with Gasteiger partial charge in [-0.15, -0.1) is 0 Å². The van der Waals surface area contributed by atoms with E-state index in [1.165, 1.54) is 0 Å². The van der Waals surface area contributed by atoms with E-state index in [9.17, 15) is 9.59 Å². The lowest BCUT2D eigenvalue weighted by molar-refractivity contribution is -0.142. The average molecular weight is 456 g/mol. The van der Waals surface area contributed by atoms with Crippen molar-refractivity contribution in [2.45, 2.75) is 25.8 Å². The van der Waals surface area contributed by atoms with E-state index in [0.29, 0.717) is 43.6 Å². The summed E-state index contributed by atoms with van der Waals surface area (Å²) in [5, 5.41) is 3.66. The van der Waals surface area contributed by atoms with Crippen LogP contribution in [0, 0.1) is 12.8 Å². The van der Waals surface area contributed by atoms with Gasteiger partial charge in [0.25, 0.3) is 0 Å². The highest BCUT2D eigenvalue weighted by atomic mass is 35.5. The Morgan fingerprint density at radius 2 is 1.84 bits per heavy atom. The van der Waals surface area contributed by atoms with Crippen molar-refractivity contribution in [1.82, 2.24) is 9.80 Å². The summed E-state index contributed by atoms with van der Waals surface area (Å²) in [6.07, 6.45) is 1.73. The summed E-state index contributed by atoms with van der Waals surface area (Å²) in [6, 6.07) is 14.8. The minimum atomic E-state index is -0.475. The van der Waals surface area contributed by atoms with Crippen molar-refractivity contribution in [2.75, 3.05) is 44.7 Å². The lowest BCUT2D eigenvalue weighted by Gasteiger charge is -2.39. The summed E-state index contributed by atoms with van der Waals surface area (Å²) < 4.78 is 5.39. The molecule has 0 bridgehead atoms. The average Bonchev–Trinajstić information content (AvgIpc) is 2.82. The van der Waals surface area contributed by atoms with E-state index in [4.69, 9.17) is 16.3 Å². The molecule has 2 heterocycles. The zero-order valence-corrected chi connectivity index (χ0v) is 19.2. The maximum absolute atomic E-state index is 13.5. The predicted octanol–water partition coefficient (Wildman–Crippen LogP) is 3.90. The number of aryl methyl sites for hydroxylation is 1. The van der Waals surface area contributed by atoms with Crippen molar-refractivity contribution in [1.29, 1.82) is 0 Å². The molecule has 0 aromatic heterocycles. The number of benzene rings is 2. The Hall–Kier alpha value is -2.41. The maximum atomic E-state index is 13.5. The molecule has 2 atom stereocenters. The Labute approximate surface area is 194 Å². The molecule has 2 aromatic carbocycles. The molecule has 32 heavy (non-hydrogen) atoms. The molecule has 7 heteroatoms. The fourth-order valence-electron chi connectivity index (χ4n) is 4.53. The number of piperidine rings is 1. The largest absolute Gasteiger partial charge is 0.378 e. The lowest BCUT2D eigenvalue weighted by atomic mass is 9.93. The molecule has 0 saturated carbocycles. The number of carbonyl (C=O) groups excluding carboxylic acids is 2. The Balaban J connectivity index is 1.53. The van der Waals surface area contributed by atoms with E-state index in [2.05, 4.69) is 10.2 Å². The van der Waals surface area contributed by atoms with Gasteiger partial charge in [0.05, 0.1) is 19.1 Å². The molecule has 2 aromatic rings. The van der Waals surface area contributed by atoms with E-state index in [0.717, 1.165) is 30.5 Å². The lowest BCUT2D eigenvalue weighted by Crippen LogP contribution is -2.50. The number of amides is 2. The molecule has 2 aliphatic rings. The normalized spacial score (nSPS) is 20.6. The Kier molecular flexibility index (Phi) is 7.45. The number of anilines is 1. The molecule has 4 rings (SSSR count). The second kappa shape index (κ2) is 10.5. The first-order chi connectivity index (χ1) is 15.5. The number of hydrogen-bond acceptors (Lipinski definition) is 4. The van der Waals surface area contributed by atoms with E-state index in [1.807, 2.05) is 54.3 Å². The summed E-state index contributed by atoms with van der Waals surface area (Å²) in [5.74, 6) is -0.0409. The van der Waals surface area contributed by atoms with Crippen molar-refractivity contribution in [3.8, 4) is 0 Å². The molecular formula is C25H30ClN3O3. The quantitative estimate of drug-likeness (QED) is 0.742. The Morgan fingerprint density at radius 1 is 1.09 bits per heavy atom. The van der Waals surface area contributed by atoms with Crippen LogP contribution in [0.15, 0.2) is 48.5 Å². The molecule has 2 aliphatic heterocycles. The molecule has 2 saturated heterocycles. The van der Waals surface area contributed by atoms with Crippen molar-refractivity contribution in [3.05, 3.63) is 64.7 Å². The summed E-state index contributed by atoms with van der Waals surface area (Å²) >= 11 is 6.26. The number of nitrogens with zero attached hydrogens (tertiary/aromatic N) is 2. The summed E-state index contributed by atoms with van der Waals surface area (Å²) in [7, 11) is 0. The van der Waals surface area contributed by atoms with Crippen molar-refractivity contribution in [3.63, 3.8) is 0 Å². The molecule has 2 unspecified atom stereocenters. The zero-order chi connectivity index (χ0) is 22.5. The SMILES string of the molecule is Cc1ccc(NC(=O)C(c2ccccc2)N2CCCC(C(=O)N3CCOCC3)C2)cc1Cl. The molecule has 6 nitrogen and oxygen atoms in total. The van der Waals surface area contributed by atoms with Crippen LogP contribution in [0.5, 0.6) is 0 Å². The third-order valence-electron chi connectivity index (χ3n) is 6.29. The van der Waals surface area contributed by atoms with E-state index < -0.39 is 6.04 Å². The molecule has 2 fully saturated rings. The Morgan fingerprint density at radius 3 is 2.56 bits per heavy atom. The van der Waals surface area contributed by atoms with Gasteiger partial charge in [-0.05, 0) is 49.6 Å². The third kappa shape index (κ3) is 5.31. The number of carbonyl (C=O) groups is 2. The number of likely N-dealkylation sites (tertiary alicyclic amines) is 1. The summed E-state index contributed by atoms with van der Waals surface area (Å²) in [5.41, 5.74) is 2.55. The van der Waals surface area contributed by atoms with Crippen LogP contribution in [0.1, 0.15) is 30.0 Å². The topological polar surface area (TPSA) is 61.9 Å².